The SMILES string of the molecule is Clc1ccc2c(c1)C1(c3ccccc3-2)c2ccccc2-c2cc3ccccc3cc21. The minimum Gasteiger partial charge on any atom is -0.0843 e. The molecular weight excluding hydrogens is 384 g/mol. The molecule has 0 N–H and O–H groups in total. The monoisotopic (exact) mass is 400 g/mol. The molecule has 0 radical (unpaired) electrons. The Labute approximate surface area is 180 Å². The van der Waals surface area contributed by atoms with Crippen molar-refractivity contribution >= 4 is 22.4 Å². The van der Waals surface area contributed by atoms with Crippen LogP contribution in [0.5, 0.6) is 0 Å². The van der Waals surface area contributed by atoms with E-state index in [-0.39, 0.29) is 5.41 Å². The molecule has 0 heterocycles. The van der Waals surface area contributed by atoms with Crippen LogP contribution in [0.25, 0.3) is 33.0 Å². The second kappa shape index (κ2) is 5.62. The van der Waals surface area contributed by atoms with Gasteiger partial charge in [-0.25, -0.2) is 0 Å². The summed E-state index contributed by atoms with van der Waals surface area (Å²) in [5.41, 5.74) is 10.3. The standard InChI is InChI=1S/C29H17Cl/c30-20-13-14-23-21-9-3-5-11-25(21)29(28(23)17-20)26-12-6-4-10-22(26)24-15-18-7-1-2-8-19(18)16-27(24)29/h1-17H. The van der Waals surface area contributed by atoms with Crippen LogP contribution in [0.1, 0.15) is 22.3 Å². The summed E-state index contributed by atoms with van der Waals surface area (Å²) >= 11 is 6.58. The zero-order valence-corrected chi connectivity index (χ0v) is 16.9. The lowest BCUT2D eigenvalue weighted by atomic mass is 9.70. The highest BCUT2D eigenvalue weighted by Gasteiger charge is 2.51. The van der Waals surface area contributed by atoms with E-state index >= 15 is 0 Å². The topological polar surface area (TPSA) is 0 Å². The van der Waals surface area contributed by atoms with Gasteiger partial charge in [0.05, 0.1) is 5.41 Å². The fraction of sp³-hybridized carbons (Fsp3) is 0.0345. The average molecular weight is 401 g/mol. The van der Waals surface area contributed by atoms with Crippen molar-refractivity contribution in [1.82, 2.24) is 0 Å². The molecule has 2 aliphatic carbocycles. The first-order chi connectivity index (χ1) is 14.8. The van der Waals surface area contributed by atoms with Gasteiger partial charge in [0.15, 0.2) is 0 Å². The highest BCUT2D eigenvalue weighted by molar-refractivity contribution is 6.30. The minimum atomic E-state index is -0.327. The highest BCUT2D eigenvalue weighted by Crippen LogP contribution is 2.63. The second-order valence-electron chi connectivity index (χ2n) is 8.28. The van der Waals surface area contributed by atoms with Gasteiger partial charge in [-0.3, -0.25) is 0 Å². The van der Waals surface area contributed by atoms with Gasteiger partial charge in [-0.2, -0.15) is 0 Å². The number of hydrogen-bond donors (Lipinski definition) is 0. The lowest BCUT2D eigenvalue weighted by Crippen LogP contribution is -2.25. The van der Waals surface area contributed by atoms with Gasteiger partial charge < -0.3 is 0 Å². The Bertz CT molecular complexity index is 1510. The molecule has 7 rings (SSSR count). The van der Waals surface area contributed by atoms with Crippen LogP contribution in [0, 0.1) is 0 Å². The molecule has 140 valence electrons. The molecule has 1 atom stereocenters. The molecular formula is C29H17Cl. The van der Waals surface area contributed by atoms with Crippen LogP contribution in [0.3, 0.4) is 0 Å². The highest BCUT2D eigenvalue weighted by atomic mass is 35.5. The van der Waals surface area contributed by atoms with Gasteiger partial charge in [-0.1, -0.05) is 90.5 Å². The van der Waals surface area contributed by atoms with E-state index < -0.39 is 0 Å². The molecule has 0 aliphatic heterocycles. The van der Waals surface area contributed by atoms with E-state index in [9.17, 15) is 0 Å². The van der Waals surface area contributed by atoms with Crippen molar-refractivity contribution in [2.45, 2.75) is 5.41 Å². The molecule has 0 aromatic heterocycles. The maximum atomic E-state index is 6.58. The van der Waals surface area contributed by atoms with Gasteiger partial charge >= 0.3 is 0 Å². The van der Waals surface area contributed by atoms with Crippen LogP contribution < -0.4 is 0 Å². The largest absolute Gasteiger partial charge is 0.0843 e. The lowest BCUT2D eigenvalue weighted by molar-refractivity contribution is 0.795. The summed E-state index contributed by atoms with van der Waals surface area (Å²) in [5, 5.41) is 3.34. The summed E-state index contributed by atoms with van der Waals surface area (Å²) in [7, 11) is 0. The molecule has 0 amide bonds. The molecule has 0 saturated carbocycles. The Hall–Kier alpha value is -3.35. The molecule has 1 unspecified atom stereocenters. The first-order valence-corrected chi connectivity index (χ1v) is 10.7. The number of benzene rings is 5. The average Bonchev–Trinajstić information content (AvgIpc) is 3.24. The first kappa shape index (κ1) is 16.4. The Kier molecular flexibility index (Phi) is 3.08. The Morgan fingerprint density at radius 1 is 0.433 bits per heavy atom. The van der Waals surface area contributed by atoms with E-state index in [0.29, 0.717) is 0 Å². The van der Waals surface area contributed by atoms with Crippen LogP contribution in [-0.4, -0.2) is 0 Å². The maximum Gasteiger partial charge on any atom is 0.0726 e. The summed E-state index contributed by atoms with van der Waals surface area (Å²) < 4.78 is 0. The van der Waals surface area contributed by atoms with E-state index in [1.54, 1.807) is 0 Å². The van der Waals surface area contributed by atoms with Gasteiger partial charge in [0.25, 0.3) is 0 Å². The summed E-state index contributed by atoms with van der Waals surface area (Å²) in [6.07, 6.45) is 0. The number of hydrogen-bond acceptors (Lipinski definition) is 0. The van der Waals surface area contributed by atoms with Crippen LogP contribution in [0.15, 0.2) is 103 Å². The lowest BCUT2D eigenvalue weighted by Gasteiger charge is -2.30. The van der Waals surface area contributed by atoms with E-state index in [2.05, 4.69) is 97.1 Å². The van der Waals surface area contributed by atoms with Crippen LogP contribution in [-0.2, 0) is 5.41 Å². The van der Waals surface area contributed by atoms with Crippen molar-refractivity contribution in [1.29, 1.82) is 0 Å². The zero-order chi connectivity index (χ0) is 19.9. The number of fused-ring (bicyclic) bond motifs is 11. The van der Waals surface area contributed by atoms with Crippen LogP contribution >= 0.6 is 11.6 Å². The van der Waals surface area contributed by atoms with Crippen LogP contribution in [0.2, 0.25) is 5.02 Å². The van der Waals surface area contributed by atoms with Crippen molar-refractivity contribution in [3.63, 3.8) is 0 Å². The Morgan fingerprint density at radius 2 is 0.967 bits per heavy atom. The van der Waals surface area contributed by atoms with E-state index in [1.807, 2.05) is 6.07 Å². The molecule has 5 aromatic carbocycles. The third-order valence-electron chi connectivity index (χ3n) is 6.92. The number of halogens is 1. The fourth-order valence-electron chi connectivity index (χ4n) is 5.80. The summed E-state index contributed by atoms with van der Waals surface area (Å²) in [4.78, 5) is 0. The molecule has 0 saturated heterocycles. The Morgan fingerprint density at radius 3 is 1.70 bits per heavy atom. The molecule has 0 fully saturated rings. The second-order valence-corrected chi connectivity index (χ2v) is 8.71. The molecule has 30 heavy (non-hydrogen) atoms. The summed E-state index contributed by atoms with van der Waals surface area (Å²) in [6, 6.07) is 37.5. The van der Waals surface area contributed by atoms with Crippen molar-refractivity contribution in [3.8, 4) is 22.3 Å². The molecule has 0 nitrogen and oxygen atoms in total. The molecule has 1 spiro atoms. The predicted octanol–water partition coefficient (Wildman–Crippen LogP) is 7.84. The zero-order valence-electron chi connectivity index (χ0n) is 16.2. The third-order valence-corrected chi connectivity index (χ3v) is 7.15. The predicted molar refractivity (Wildman–Crippen MR) is 125 cm³/mol. The van der Waals surface area contributed by atoms with Crippen molar-refractivity contribution in [2.24, 2.45) is 0 Å². The van der Waals surface area contributed by atoms with Crippen molar-refractivity contribution in [2.75, 3.05) is 0 Å². The van der Waals surface area contributed by atoms with Gasteiger partial charge in [0.1, 0.15) is 0 Å². The van der Waals surface area contributed by atoms with E-state index in [0.717, 1.165) is 5.02 Å². The van der Waals surface area contributed by atoms with Crippen molar-refractivity contribution in [3.05, 3.63) is 130 Å². The van der Waals surface area contributed by atoms with Gasteiger partial charge in [-0.05, 0) is 79.5 Å². The smallest absolute Gasteiger partial charge is 0.0726 e. The summed E-state index contributed by atoms with van der Waals surface area (Å²) in [5.74, 6) is 0. The Balaban J connectivity index is 1.74. The van der Waals surface area contributed by atoms with Crippen LogP contribution in [0.4, 0.5) is 0 Å². The van der Waals surface area contributed by atoms with E-state index in [1.165, 1.54) is 55.3 Å². The minimum absolute atomic E-state index is 0.327. The quantitative estimate of drug-likeness (QED) is 0.243. The fourth-order valence-corrected chi connectivity index (χ4v) is 5.97. The maximum absolute atomic E-state index is 6.58. The summed E-state index contributed by atoms with van der Waals surface area (Å²) in [6.45, 7) is 0. The van der Waals surface area contributed by atoms with Crippen molar-refractivity contribution < 1.29 is 0 Å². The normalized spacial score (nSPS) is 17.6. The number of rotatable bonds is 0. The molecule has 0 bridgehead atoms. The molecule has 5 aromatic rings. The molecule has 2 aliphatic rings. The van der Waals surface area contributed by atoms with Gasteiger partial charge in [0.2, 0.25) is 0 Å². The van der Waals surface area contributed by atoms with Gasteiger partial charge in [-0.15, -0.1) is 0 Å². The first-order valence-electron chi connectivity index (χ1n) is 10.3. The van der Waals surface area contributed by atoms with Gasteiger partial charge in [0, 0.05) is 5.02 Å². The molecule has 1 heteroatoms. The van der Waals surface area contributed by atoms with E-state index in [4.69, 9.17) is 11.6 Å². The third kappa shape index (κ3) is 1.84.